The molecule has 0 atom stereocenters. The summed E-state index contributed by atoms with van der Waals surface area (Å²) in [5.74, 6) is 1.35. The number of benzene rings is 2. The Morgan fingerprint density at radius 2 is 2.06 bits per heavy atom. The van der Waals surface area contributed by atoms with Crippen molar-refractivity contribution in [3.63, 3.8) is 0 Å². The predicted molar refractivity (Wildman–Crippen MR) is 124 cm³/mol. The molecule has 1 fully saturated rings. The van der Waals surface area contributed by atoms with Crippen LogP contribution in [0, 0.1) is 16.0 Å². The lowest BCUT2D eigenvalue weighted by atomic mass is 9.88. The molecule has 2 aromatic carbocycles. The van der Waals surface area contributed by atoms with Gasteiger partial charge in [0.1, 0.15) is 5.75 Å². The van der Waals surface area contributed by atoms with Crippen LogP contribution in [0.1, 0.15) is 37.7 Å². The number of fused-ring (bicyclic) bond motifs is 1. The van der Waals surface area contributed by atoms with E-state index >= 15 is 0 Å². The quantitative estimate of drug-likeness (QED) is 0.265. The minimum absolute atomic E-state index is 0.0408. The van der Waals surface area contributed by atoms with Gasteiger partial charge in [-0.25, -0.2) is 4.98 Å². The van der Waals surface area contributed by atoms with E-state index < -0.39 is 4.92 Å². The Balaban J connectivity index is 1.45. The molecular weight excluding hydrogens is 434 g/mol. The molecule has 0 bridgehead atoms. The molecule has 1 aliphatic carbocycles. The number of nitrogens with one attached hydrogen (secondary N) is 1. The number of carbonyl (C=O) groups excluding carboxylic acids is 1. The Morgan fingerprint density at radius 3 is 2.81 bits per heavy atom. The van der Waals surface area contributed by atoms with Crippen molar-refractivity contribution in [1.29, 1.82) is 0 Å². The summed E-state index contributed by atoms with van der Waals surface area (Å²) in [6.45, 7) is 0. The molecule has 1 aliphatic rings. The number of ether oxygens (including phenoxy) is 1. The molecule has 9 heteroatoms. The number of aromatic nitrogens is 1. The number of nitro groups is 1. The molecule has 1 aromatic heterocycles. The number of nitrogens with zero attached hydrogens (tertiary/aromatic N) is 2. The van der Waals surface area contributed by atoms with Crippen molar-refractivity contribution in [2.24, 2.45) is 5.92 Å². The molecule has 7 nitrogen and oxygen atoms in total. The first-order valence-electron chi connectivity index (χ1n) is 10.2. The number of carbonyl (C=O) groups is 1. The molecular formula is C22H23N3O4S2. The first kappa shape index (κ1) is 21.6. The monoisotopic (exact) mass is 457 g/mol. The van der Waals surface area contributed by atoms with E-state index in [1.54, 1.807) is 24.5 Å². The largest absolute Gasteiger partial charge is 0.496 e. The molecule has 1 amide bonds. The molecule has 0 spiro atoms. The average Bonchev–Trinajstić information content (AvgIpc) is 3.20. The van der Waals surface area contributed by atoms with Crippen molar-refractivity contribution >= 4 is 50.6 Å². The molecule has 162 valence electrons. The maximum absolute atomic E-state index is 12.5. The third-order valence-corrected chi connectivity index (χ3v) is 7.65. The number of methoxy groups -OCH3 is 1. The Labute approximate surface area is 188 Å². The van der Waals surface area contributed by atoms with Crippen LogP contribution < -0.4 is 10.1 Å². The van der Waals surface area contributed by atoms with Crippen molar-refractivity contribution in [2.45, 2.75) is 42.2 Å². The number of hydrogen-bond donors (Lipinski definition) is 1. The Bertz CT molecular complexity index is 1110. The molecule has 0 saturated heterocycles. The van der Waals surface area contributed by atoms with Gasteiger partial charge in [0.25, 0.3) is 5.69 Å². The van der Waals surface area contributed by atoms with E-state index in [1.165, 1.54) is 30.3 Å². The van der Waals surface area contributed by atoms with E-state index in [0.29, 0.717) is 11.5 Å². The van der Waals surface area contributed by atoms with Crippen LogP contribution in [-0.2, 0) is 10.5 Å². The van der Waals surface area contributed by atoms with Crippen LogP contribution in [0.5, 0.6) is 5.75 Å². The van der Waals surface area contributed by atoms with E-state index in [0.717, 1.165) is 51.5 Å². The fourth-order valence-corrected chi connectivity index (χ4v) is 5.87. The van der Waals surface area contributed by atoms with Gasteiger partial charge in [-0.2, -0.15) is 0 Å². The second kappa shape index (κ2) is 9.65. The maximum Gasteiger partial charge on any atom is 0.270 e. The standard InChI is InChI=1S/C22H23N3O4S2/c1-29-19-10-8-17(25(27)28)11-15(19)13-30-22-24-18-9-7-16(12-20(18)31-22)23-21(26)14-5-3-2-4-6-14/h7-12,14H,2-6,13H2,1H3,(H,23,26). The van der Waals surface area contributed by atoms with Crippen molar-refractivity contribution in [3.05, 3.63) is 52.1 Å². The number of anilines is 1. The zero-order valence-electron chi connectivity index (χ0n) is 17.1. The van der Waals surface area contributed by atoms with Gasteiger partial charge in [-0.3, -0.25) is 14.9 Å². The highest BCUT2D eigenvalue weighted by atomic mass is 32.2. The van der Waals surface area contributed by atoms with Gasteiger partial charge in [0.2, 0.25) is 5.91 Å². The van der Waals surface area contributed by atoms with Crippen LogP contribution in [0.2, 0.25) is 0 Å². The second-order valence-corrected chi connectivity index (χ2v) is 9.78. The van der Waals surface area contributed by atoms with Gasteiger partial charge in [0, 0.05) is 35.1 Å². The Kier molecular flexibility index (Phi) is 6.72. The highest BCUT2D eigenvalue weighted by Gasteiger charge is 2.21. The van der Waals surface area contributed by atoms with Gasteiger partial charge in [-0.05, 0) is 37.1 Å². The lowest BCUT2D eigenvalue weighted by molar-refractivity contribution is -0.384. The molecule has 1 N–H and O–H groups in total. The summed E-state index contributed by atoms with van der Waals surface area (Å²) < 4.78 is 7.19. The van der Waals surface area contributed by atoms with Crippen molar-refractivity contribution in [1.82, 2.24) is 4.98 Å². The minimum Gasteiger partial charge on any atom is -0.496 e. The summed E-state index contributed by atoms with van der Waals surface area (Å²) in [4.78, 5) is 27.8. The summed E-state index contributed by atoms with van der Waals surface area (Å²) in [5.41, 5.74) is 2.46. The van der Waals surface area contributed by atoms with E-state index in [9.17, 15) is 14.9 Å². The summed E-state index contributed by atoms with van der Waals surface area (Å²) >= 11 is 3.05. The van der Waals surface area contributed by atoms with Crippen LogP contribution in [-0.4, -0.2) is 22.9 Å². The lowest BCUT2D eigenvalue weighted by Gasteiger charge is -2.20. The molecule has 0 aliphatic heterocycles. The van der Waals surface area contributed by atoms with Crippen molar-refractivity contribution in [3.8, 4) is 5.75 Å². The van der Waals surface area contributed by atoms with Crippen LogP contribution >= 0.6 is 23.1 Å². The molecule has 4 rings (SSSR count). The summed E-state index contributed by atoms with van der Waals surface area (Å²) in [6, 6.07) is 10.4. The first-order chi connectivity index (χ1) is 15.0. The third-order valence-electron chi connectivity index (χ3n) is 5.44. The molecule has 31 heavy (non-hydrogen) atoms. The van der Waals surface area contributed by atoms with Gasteiger partial charge in [-0.1, -0.05) is 31.0 Å². The van der Waals surface area contributed by atoms with E-state index in [2.05, 4.69) is 10.3 Å². The third kappa shape index (κ3) is 5.16. The highest BCUT2D eigenvalue weighted by Crippen LogP contribution is 2.36. The molecule has 3 aromatic rings. The number of thioether (sulfide) groups is 1. The molecule has 0 radical (unpaired) electrons. The summed E-state index contributed by atoms with van der Waals surface area (Å²) in [6.07, 6.45) is 5.41. The minimum atomic E-state index is -0.408. The van der Waals surface area contributed by atoms with Gasteiger partial charge < -0.3 is 10.1 Å². The zero-order chi connectivity index (χ0) is 21.8. The molecule has 1 heterocycles. The van der Waals surface area contributed by atoms with Crippen LogP contribution in [0.3, 0.4) is 0 Å². The summed E-state index contributed by atoms with van der Waals surface area (Å²) in [7, 11) is 1.55. The smallest absolute Gasteiger partial charge is 0.270 e. The van der Waals surface area contributed by atoms with Gasteiger partial charge >= 0.3 is 0 Å². The Morgan fingerprint density at radius 1 is 1.26 bits per heavy atom. The van der Waals surface area contributed by atoms with E-state index in [4.69, 9.17) is 4.74 Å². The predicted octanol–water partition coefficient (Wildman–Crippen LogP) is 6.02. The number of rotatable bonds is 7. The Hall–Kier alpha value is -2.65. The molecule has 1 saturated carbocycles. The number of non-ortho nitro benzene ring substituents is 1. The van der Waals surface area contributed by atoms with E-state index in [1.807, 2.05) is 18.2 Å². The SMILES string of the molecule is COc1ccc([N+](=O)[O-])cc1CSc1nc2ccc(NC(=O)C3CCCCC3)cc2s1. The van der Waals surface area contributed by atoms with Crippen LogP contribution in [0.15, 0.2) is 40.7 Å². The first-order valence-corrected chi connectivity index (χ1v) is 12.0. The zero-order valence-corrected chi connectivity index (χ0v) is 18.8. The van der Waals surface area contributed by atoms with Crippen molar-refractivity contribution < 1.29 is 14.5 Å². The normalized spacial score (nSPS) is 14.5. The number of nitro benzene ring substituents is 1. The molecule has 0 unspecified atom stereocenters. The topological polar surface area (TPSA) is 94.4 Å². The van der Waals surface area contributed by atoms with E-state index in [-0.39, 0.29) is 17.5 Å². The van der Waals surface area contributed by atoms with Crippen molar-refractivity contribution in [2.75, 3.05) is 12.4 Å². The lowest BCUT2D eigenvalue weighted by Crippen LogP contribution is -2.24. The number of hydrogen-bond acceptors (Lipinski definition) is 7. The summed E-state index contributed by atoms with van der Waals surface area (Å²) in [5, 5.41) is 14.1. The fourth-order valence-electron chi connectivity index (χ4n) is 3.78. The second-order valence-electron chi connectivity index (χ2n) is 7.53. The maximum atomic E-state index is 12.5. The van der Waals surface area contributed by atoms with Gasteiger partial charge in [0.05, 0.1) is 22.2 Å². The average molecular weight is 458 g/mol. The fraction of sp³-hybridized carbons (Fsp3) is 0.364. The van der Waals surface area contributed by atoms with Gasteiger partial charge in [-0.15, -0.1) is 11.3 Å². The highest BCUT2D eigenvalue weighted by molar-refractivity contribution is 8.00. The van der Waals surface area contributed by atoms with Crippen LogP contribution in [0.25, 0.3) is 10.2 Å². The van der Waals surface area contributed by atoms with Gasteiger partial charge in [0.15, 0.2) is 4.34 Å². The van der Waals surface area contributed by atoms with Crippen LogP contribution in [0.4, 0.5) is 11.4 Å². The number of amides is 1. The number of thiazole rings is 1.